The van der Waals surface area contributed by atoms with Crippen LogP contribution >= 0.6 is 0 Å². The summed E-state index contributed by atoms with van der Waals surface area (Å²) < 4.78 is 0. The molecule has 1 saturated heterocycles. The van der Waals surface area contributed by atoms with Gasteiger partial charge < -0.3 is 5.32 Å². The summed E-state index contributed by atoms with van der Waals surface area (Å²) in [5.74, 6) is 0.719. The van der Waals surface area contributed by atoms with Crippen LogP contribution in [0.25, 0.3) is 6.08 Å². The van der Waals surface area contributed by atoms with Gasteiger partial charge in [-0.25, -0.2) is 0 Å². The molecule has 1 aromatic rings. The van der Waals surface area contributed by atoms with E-state index in [0.717, 1.165) is 0 Å². The normalized spacial score (nSPS) is 24.6. The van der Waals surface area contributed by atoms with Crippen LogP contribution in [0.4, 0.5) is 0 Å². The minimum Gasteiger partial charge on any atom is -0.349 e. The molecule has 0 aliphatic carbocycles. The molecule has 84 valence electrons. The van der Waals surface area contributed by atoms with Crippen molar-refractivity contribution < 1.29 is 4.79 Å². The Bertz CT molecular complexity index is 394. The van der Waals surface area contributed by atoms with Crippen LogP contribution in [-0.2, 0) is 4.79 Å². The molecule has 1 aliphatic heterocycles. The molecule has 1 amide bonds. The average molecular weight is 215 g/mol. The Kier molecular flexibility index (Phi) is 3.09. The van der Waals surface area contributed by atoms with Crippen molar-refractivity contribution in [3.63, 3.8) is 0 Å². The van der Waals surface area contributed by atoms with E-state index in [2.05, 4.69) is 43.4 Å². The first-order chi connectivity index (χ1) is 7.68. The topological polar surface area (TPSA) is 29.1 Å². The van der Waals surface area contributed by atoms with Crippen molar-refractivity contribution in [3.8, 4) is 0 Å². The summed E-state index contributed by atoms with van der Waals surface area (Å²) in [6.45, 7) is 4.18. The molecule has 2 unspecified atom stereocenters. The van der Waals surface area contributed by atoms with Gasteiger partial charge in [0.2, 0.25) is 5.91 Å². The minimum absolute atomic E-state index is 0.139. The Hall–Kier alpha value is -1.57. The van der Waals surface area contributed by atoms with E-state index in [1.54, 1.807) is 0 Å². The number of amides is 1. The Balaban J connectivity index is 2.01. The van der Waals surface area contributed by atoms with Crippen molar-refractivity contribution in [1.82, 2.24) is 5.32 Å². The van der Waals surface area contributed by atoms with Crippen molar-refractivity contribution in [2.24, 2.45) is 11.8 Å². The lowest BCUT2D eigenvalue weighted by Gasteiger charge is -2.37. The monoisotopic (exact) mass is 215 g/mol. The molecule has 2 atom stereocenters. The second-order valence-electron chi connectivity index (χ2n) is 4.57. The number of hydrogen-bond acceptors (Lipinski definition) is 1. The molecule has 1 fully saturated rings. The molecule has 2 heteroatoms. The number of benzene rings is 1. The fraction of sp³-hybridized carbons (Fsp3) is 0.357. The lowest BCUT2D eigenvalue weighted by molar-refractivity contribution is -0.135. The second-order valence-corrected chi connectivity index (χ2v) is 4.57. The summed E-state index contributed by atoms with van der Waals surface area (Å²) in [5, 5.41) is 2.92. The smallest absolute Gasteiger partial charge is 0.226 e. The van der Waals surface area contributed by atoms with Crippen LogP contribution in [0, 0.1) is 11.8 Å². The van der Waals surface area contributed by atoms with Crippen molar-refractivity contribution >= 4 is 12.0 Å². The number of hydrogen-bond donors (Lipinski definition) is 1. The number of carbonyl (C=O) groups is 1. The van der Waals surface area contributed by atoms with Crippen LogP contribution in [0.2, 0.25) is 0 Å². The Labute approximate surface area is 96.4 Å². The van der Waals surface area contributed by atoms with Crippen LogP contribution < -0.4 is 5.32 Å². The third kappa shape index (κ3) is 2.16. The summed E-state index contributed by atoms with van der Waals surface area (Å²) in [6.07, 6.45) is 4.15. The van der Waals surface area contributed by atoms with E-state index < -0.39 is 0 Å². The van der Waals surface area contributed by atoms with Gasteiger partial charge in [-0.2, -0.15) is 0 Å². The zero-order valence-corrected chi connectivity index (χ0v) is 9.68. The molecular formula is C14H17NO. The van der Waals surface area contributed by atoms with Crippen LogP contribution in [-0.4, -0.2) is 11.9 Å². The number of rotatable bonds is 3. The molecule has 1 N–H and O–H groups in total. The fourth-order valence-electron chi connectivity index (χ4n) is 2.08. The van der Waals surface area contributed by atoms with Crippen molar-refractivity contribution in [3.05, 3.63) is 42.0 Å². The van der Waals surface area contributed by atoms with E-state index in [0.29, 0.717) is 5.92 Å². The van der Waals surface area contributed by atoms with Gasteiger partial charge in [0.1, 0.15) is 0 Å². The molecule has 16 heavy (non-hydrogen) atoms. The van der Waals surface area contributed by atoms with Gasteiger partial charge in [-0.3, -0.25) is 4.79 Å². The van der Waals surface area contributed by atoms with Crippen LogP contribution in [0.1, 0.15) is 19.4 Å². The number of β-lactam (4-membered cyclic amide) rings is 1. The van der Waals surface area contributed by atoms with E-state index >= 15 is 0 Å². The third-order valence-electron chi connectivity index (χ3n) is 3.01. The molecule has 0 bridgehead atoms. The highest BCUT2D eigenvalue weighted by atomic mass is 16.2. The molecule has 0 spiro atoms. The van der Waals surface area contributed by atoms with Crippen LogP contribution in [0.3, 0.4) is 0 Å². The van der Waals surface area contributed by atoms with Crippen molar-refractivity contribution in [2.45, 2.75) is 19.9 Å². The summed E-state index contributed by atoms with van der Waals surface area (Å²) in [7, 11) is 0. The minimum atomic E-state index is 0.139. The van der Waals surface area contributed by atoms with Gasteiger partial charge in [-0.15, -0.1) is 0 Å². The Morgan fingerprint density at radius 2 is 1.94 bits per heavy atom. The van der Waals surface area contributed by atoms with Crippen molar-refractivity contribution in [2.75, 3.05) is 0 Å². The summed E-state index contributed by atoms with van der Waals surface area (Å²) in [4.78, 5) is 11.3. The highest BCUT2D eigenvalue weighted by molar-refractivity contribution is 5.87. The maximum absolute atomic E-state index is 11.3. The molecule has 0 radical (unpaired) electrons. The van der Waals surface area contributed by atoms with Crippen molar-refractivity contribution in [1.29, 1.82) is 0 Å². The maximum Gasteiger partial charge on any atom is 0.226 e. The molecule has 0 saturated carbocycles. The predicted molar refractivity (Wildman–Crippen MR) is 65.7 cm³/mol. The Morgan fingerprint density at radius 3 is 2.50 bits per heavy atom. The summed E-state index contributed by atoms with van der Waals surface area (Å²) in [6, 6.07) is 10.3. The van der Waals surface area contributed by atoms with E-state index in [9.17, 15) is 4.79 Å². The standard InChI is InChI=1S/C14H17NO/c1-10(2)13-12(15-14(13)16)9-8-11-6-4-3-5-7-11/h3-10,12-13H,1-2H3,(H,15,16)/b9-8+. The van der Waals surface area contributed by atoms with Gasteiger partial charge in [-0.1, -0.05) is 56.3 Å². The molecule has 0 aromatic heterocycles. The highest BCUT2D eigenvalue weighted by Crippen LogP contribution is 2.25. The highest BCUT2D eigenvalue weighted by Gasteiger charge is 2.39. The molecule has 2 rings (SSSR count). The zero-order valence-electron chi connectivity index (χ0n) is 9.68. The van der Waals surface area contributed by atoms with Crippen LogP contribution in [0.5, 0.6) is 0 Å². The van der Waals surface area contributed by atoms with Crippen LogP contribution in [0.15, 0.2) is 36.4 Å². The van der Waals surface area contributed by atoms with Gasteiger partial charge in [0.05, 0.1) is 12.0 Å². The summed E-state index contributed by atoms with van der Waals surface area (Å²) >= 11 is 0. The van der Waals surface area contributed by atoms with E-state index in [4.69, 9.17) is 0 Å². The third-order valence-corrected chi connectivity index (χ3v) is 3.01. The van der Waals surface area contributed by atoms with E-state index in [1.165, 1.54) is 5.56 Å². The fourth-order valence-corrected chi connectivity index (χ4v) is 2.08. The van der Waals surface area contributed by atoms with Gasteiger partial charge >= 0.3 is 0 Å². The quantitative estimate of drug-likeness (QED) is 0.771. The van der Waals surface area contributed by atoms with E-state index in [1.807, 2.05) is 18.2 Å². The summed E-state index contributed by atoms with van der Waals surface area (Å²) in [5.41, 5.74) is 1.17. The van der Waals surface area contributed by atoms with Gasteiger partial charge in [0.15, 0.2) is 0 Å². The van der Waals surface area contributed by atoms with Gasteiger partial charge in [0, 0.05) is 0 Å². The average Bonchev–Trinajstić information content (AvgIpc) is 2.24. The first-order valence-corrected chi connectivity index (χ1v) is 5.72. The maximum atomic E-state index is 11.3. The molecule has 2 nitrogen and oxygen atoms in total. The molecule has 1 heterocycles. The lowest BCUT2D eigenvalue weighted by Crippen LogP contribution is -2.58. The number of nitrogens with one attached hydrogen (secondary N) is 1. The molecular weight excluding hydrogens is 198 g/mol. The molecule has 1 aromatic carbocycles. The van der Waals surface area contributed by atoms with Gasteiger partial charge in [-0.05, 0) is 11.5 Å². The second kappa shape index (κ2) is 4.52. The molecule has 1 aliphatic rings. The first kappa shape index (κ1) is 10.9. The number of carbonyl (C=O) groups excluding carboxylic acids is 1. The van der Waals surface area contributed by atoms with Gasteiger partial charge in [0.25, 0.3) is 0 Å². The zero-order chi connectivity index (χ0) is 11.5. The predicted octanol–water partition coefficient (Wildman–Crippen LogP) is 2.47. The largest absolute Gasteiger partial charge is 0.349 e. The lowest BCUT2D eigenvalue weighted by atomic mass is 9.81. The first-order valence-electron chi connectivity index (χ1n) is 5.72. The Morgan fingerprint density at radius 1 is 1.25 bits per heavy atom. The SMILES string of the molecule is CC(C)C1C(=O)NC1/C=C/c1ccccc1. The van der Waals surface area contributed by atoms with E-state index in [-0.39, 0.29) is 17.9 Å².